The van der Waals surface area contributed by atoms with Crippen molar-refractivity contribution >= 4 is 33.2 Å². The minimum Gasteiger partial charge on any atom is -0.491 e. The lowest BCUT2D eigenvalue weighted by atomic mass is 10.2. The van der Waals surface area contributed by atoms with Gasteiger partial charge >= 0.3 is 0 Å². The lowest BCUT2D eigenvalue weighted by Gasteiger charge is -2.19. The Hall–Kier alpha value is -1.26. The molecule has 1 aromatic heterocycles. The summed E-state index contributed by atoms with van der Waals surface area (Å²) in [4.78, 5) is 4.35. The number of ether oxygens (including phenoxy) is 1. The third-order valence-electron chi connectivity index (χ3n) is 2.80. The van der Waals surface area contributed by atoms with Gasteiger partial charge in [0.15, 0.2) is 5.75 Å². The van der Waals surface area contributed by atoms with E-state index in [9.17, 15) is 0 Å². The van der Waals surface area contributed by atoms with E-state index in [1.807, 2.05) is 44.2 Å². The minimum absolute atomic E-state index is 0.0563. The Kier molecular flexibility index (Phi) is 5.26. The maximum absolute atomic E-state index is 6.11. The number of pyridine rings is 1. The van der Waals surface area contributed by atoms with E-state index in [2.05, 4.69) is 26.2 Å². The standard InChI is InChI=1S/C15H16BrClN2O/c1-3-20-15-12(16)8-11(17)9-14(15)19-10(2)13-6-4-5-7-18-13/h4-10,19H,3H2,1-2H3. The predicted molar refractivity (Wildman–Crippen MR) is 86.6 cm³/mol. The van der Waals surface area contributed by atoms with Crippen molar-refractivity contribution in [2.24, 2.45) is 0 Å². The van der Waals surface area contributed by atoms with E-state index in [0.29, 0.717) is 11.6 Å². The summed E-state index contributed by atoms with van der Waals surface area (Å²) >= 11 is 9.59. The van der Waals surface area contributed by atoms with Crippen molar-refractivity contribution in [2.75, 3.05) is 11.9 Å². The van der Waals surface area contributed by atoms with Crippen LogP contribution in [0.15, 0.2) is 41.0 Å². The first-order chi connectivity index (χ1) is 9.61. The average Bonchev–Trinajstić information content (AvgIpc) is 2.43. The topological polar surface area (TPSA) is 34.1 Å². The van der Waals surface area contributed by atoms with E-state index >= 15 is 0 Å². The van der Waals surface area contributed by atoms with Crippen LogP contribution in [-0.4, -0.2) is 11.6 Å². The summed E-state index contributed by atoms with van der Waals surface area (Å²) in [5.41, 5.74) is 1.82. The zero-order valence-electron chi connectivity index (χ0n) is 11.4. The molecule has 0 aliphatic carbocycles. The fraction of sp³-hybridized carbons (Fsp3) is 0.267. The molecule has 1 aromatic carbocycles. The summed E-state index contributed by atoms with van der Waals surface area (Å²) in [6, 6.07) is 9.59. The minimum atomic E-state index is 0.0563. The van der Waals surface area contributed by atoms with Crippen LogP contribution in [0.1, 0.15) is 25.6 Å². The van der Waals surface area contributed by atoms with Crippen LogP contribution in [0.2, 0.25) is 5.02 Å². The third kappa shape index (κ3) is 3.64. The molecular formula is C15H16BrClN2O. The summed E-state index contributed by atoms with van der Waals surface area (Å²) in [5, 5.41) is 4.04. The first-order valence-electron chi connectivity index (χ1n) is 6.41. The molecule has 0 saturated heterocycles. The lowest BCUT2D eigenvalue weighted by molar-refractivity contribution is 0.339. The molecule has 0 amide bonds. The normalized spacial score (nSPS) is 12.0. The summed E-state index contributed by atoms with van der Waals surface area (Å²) in [5.74, 6) is 0.764. The highest BCUT2D eigenvalue weighted by molar-refractivity contribution is 9.10. The van der Waals surface area contributed by atoms with Gasteiger partial charge in [0.1, 0.15) is 0 Å². The zero-order valence-corrected chi connectivity index (χ0v) is 13.7. The van der Waals surface area contributed by atoms with Crippen LogP contribution in [0.4, 0.5) is 5.69 Å². The van der Waals surface area contributed by atoms with Gasteiger partial charge in [-0.25, -0.2) is 0 Å². The fourth-order valence-corrected chi connectivity index (χ4v) is 2.82. The smallest absolute Gasteiger partial charge is 0.156 e. The Morgan fingerprint density at radius 2 is 2.20 bits per heavy atom. The van der Waals surface area contributed by atoms with Crippen LogP contribution in [0.25, 0.3) is 0 Å². The number of hydrogen-bond acceptors (Lipinski definition) is 3. The molecule has 1 heterocycles. The molecule has 0 bridgehead atoms. The Morgan fingerprint density at radius 3 is 2.85 bits per heavy atom. The second-order valence-electron chi connectivity index (χ2n) is 4.32. The number of halogens is 2. The van der Waals surface area contributed by atoms with Gasteiger partial charge in [0.25, 0.3) is 0 Å². The summed E-state index contributed by atoms with van der Waals surface area (Å²) in [6.45, 7) is 4.59. The maximum Gasteiger partial charge on any atom is 0.156 e. The highest BCUT2D eigenvalue weighted by Gasteiger charge is 2.13. The zero-order chi connectivity index (χ0) is 14.5. The van der Waals surface area contributed by atoms with E-state index in [4.69, 9.17) is 16.3 Å². The molecule has 0 radical (unpaired) electrons. The van der Waals surface area contributed by atoms with Gasteiger partial charge in [0, 0.05) is 11.2 Å². The SMILES string of the molecule is CCOc1c(Br)cc(Cl)cc1NC(C)c1ccccn1. The molecule has 1 atom stereocenters. The lowest BCUT2D eigenvalue weighted by Crippen LogP contribution is -2.10. The second kappa shape index (κ2) is 6.95. The van der Waals surface area contributed by atoms with Crippen LogP contribution in [0.3, 0.4) is 0 Å². The number of nitrogens with one attached hydrogen (secondary N) is 1. The Labute approximate surface area is 132 Å². The van der Waals surface area contributed by atoms with Crippen molar-refractivity contribution in [3.63, 3.8) is 0 Å². The van der Waals surface area contributed by atoms with Crippen LogP contribution in [0.5, 0.6) is 5.75 Å². The first-order valence-corrected chi connectivity index (χ1v) is 7.58. The van der Waals surface area contributed by atoms with E-state index in [1.54, 1.807) is 6.20 Å². The van der Waals surface area contributed by atoms with Crippen molar-refractivity contribution in [3.05, 3.63) is 51.7 Å². The van der Waals surface area contributed by atoms with E-state index in [1.165, 1.54) is 0 Å². The highest BCUT2D eigenvalue weighted by Crippen LogP contribution is 2.38. The van der Waals surface area contributed by atoms with Gasteiger partial charge in [-0.1, -0.05) is 17.7 Å². The molecular weight excluding hydrogens is 340 g/mol. The van der Waals surface area contributed by atoms with Crippen LogP contribution < -0.4 is 10.1 Å². The quantitative estimate of drug-likeness (QED) is 0.813. The highest BCUT2D eigenvalue weighted by atomic mass is 79.9. The Balaban J connectivity index is 2.28. The van der Waals surface area contributed by atoms with Crippen molar-refractivity contribution in [3.8, 4) is 5.75 Å². The van der Waals surface area contributed by atoms with Gasteiger partial charge in [-0.3, -0.25) is 4.98 Å². The van der Waals surface area contributed by atoms with Gasteiger partial charge in [-0.15, -0.1) is 0 Å². The van der Waals surface area contributed by atoms with Crippen LogP contribution in [0, 0.1) is 0 Å². The number of benzene rings is 1. The molecule has 0 spiro atoms. The summed E-state index contributed by atoms with van der Waals surface area (Å²) in [7, 11) is 0. The van der Waals surface area contributed by atoms with Crippen LogP contribution in [-0.2, 0) is 0 Å². The predicted octanol–water partition coefficient (Wildman–Crippen LogP) is 5.07. The van der Waals surface area contributed by atoms with E-state index < -0.39 is 0 Å². The van der Waals surface area contributed by atoms with E-state index in [0.717, 1.165) is 21.6 Å². The van der Waals surface area contributed by atoms with Crippen molar-refractivity contribution < 1.29 is 4.74 Å². The maximum atomic E-state index is 6.11. The molecule has 2 aromatic rings. The molecule has 1 N–H and O–H groups in total. The Morgan fingerprint density at radius 1 is 1.40 bits per heavy atom. The molecule has 106 valence electrons. The Bertz CT molecular complexity index is 578. The molecule has 0 fully saturated rings. The number of nitrogens with zero attached hydrogens (tertiary/aromatic N) is 1. The number of rotatable bonds is 5. The molecule has 2 rings (SSSR count). The number of anilines is 1. The largest absolute Gasteiger partial charge is 0.491 e. The van der Waals surface area contributed by atoms with Gasteiger partial charge in [0.05, 0.1) is 28.5 Å². The molecule has 20 heavy (non-hydrogen) atoms. The van der Waals surface area contributed by atoms with Crippen LogP contribution >= 0.6 is 27.5 Å². The van der Waals surface area contributed by atoms with Crippen molar-refractivity contribution in [2.45, 2.75) is 19.9 Å². The summed E-state index contributed by atoms with van der Waals surface area (Å²) in [6.07, 6.45) is 1.78. The van der Waals surface area contributed by atoms with Crippen molar-refractivity contribution in [1.29, 1.82) is 0 Å². The number of hydrogen-bond donors (Lipinski definition) is 1. The van der Waals surface area contributed by atoms with Gasteiger partial charge in [-0.05, 0) is 54.0 Å². The summed E-state index contributed by atoms with van der Waals surface area (Å²) < 4.78 is 6.51. The molecule has 0 aliphatic heterocycles. The molecule has 1 unspecified atom stereocenters. The average molecular weight is 356 g/mol. The number of aromatic nitrogens is 1. The fourth-order valence-electron chi connectivity index (χ4n) is 1.90. The van der Waals surface area contributed by atoms with Crippen molar-refractivity contribution in [1.82, 2.24) is 4.98 Å². The molecule has 0 aliphatic rings. The first kappa shape index (κ1) is 15.1. The molecule has 5 heteroatoms. The monoisotopic (exact) mass is 354 g/mol. The van der Waals surface area contributed by atoms with Gasteiger partial charge in [-0.2, -0.15) is 0 Å². The van der Waals surface area contributed by atoms with Gasteiger partial charge < -0.3 is 10.1 Å². The molecule has 3 nitrogen and oxygen atoms in total. The molecule has 0 saturated carbocycles. The van der Waals surface area contributed by atoms with E-state index in [-0.39, 0.29) is 6.04 Å². The third-order valence-corrected chi connectivity index (χ3v) is 3.61. The van der Waals surface area contributed by atoms with Gasteiger partial charge in [0.2, 0.25) is 0 Å². The second-order valence-corrected chi connectivity index (χ2v) is 5.61.